The number of nitrogen functional groups attached to an aromatic ring is 1. The molecule has 0 fully saturated rings. The Morgan fingerprint density at radius 2 is 1.95 bits per heavy atom. The van der Waals surface area contributed by atoms with E-state index >= 15 is 0 Å². The fourth-order valence-corrected chi connectivity index (χ4v) is 2.69. The highest BCUT2D eigenvalue weighted by molar-refractivity contribution is 5.64. The molecule has 0 atom stereocenters. The maximum absolute atomic E-state index is 6.09. The van der Waals surface area contributed by atoms with Crippen LogP contribution in [0.2, 0.25) is 0 Å². The Hall–Kier alpha value is -2.23. The van der Waals surface area contributed by atoms with Gasteiger partial charge in [-0.1, -0.05) is 24.3 Å². The minimum absolute atomic E-state index is 0.603. The fourth-order valence-electron chi connectivity index (χ4n) is 2.69. The monoisotopic (exact) mass is 269 g/mol. The highest BCUT2D eigenvalue weighted by atomic mass is 16.5. The van der Waals surface area contributed by atoms with Gasteiger partial charge in [0, 0.05) is 19.2 Å². The van der Waals surface area contributed by atoms with Gasteiger partial charge < -0.3 is 15.4 Å². The van der Waals surface area contributed by atoms with Crippen molar-refractivity contribution < 1.29 is 4.74 Å². The molecule has 104 valence electrons. The van der Waals surface area contributed by atoms with Crippen molar-refractivity contribution in [3.63, 3.8) is 0 Å². The van der Waals surface area contributed by atoms with E-state index in [1.807, 2.05) is 6.07 Å². The molecule has 0 radical (unpaired) electrons. The van der Waals surface area contributed by atoms with Gasteiger partial charge in [0.05, 0.1) is 12.8 Å². The van der Waals surface area contributed by atoms with Crippen LogP contribution in [0.3, 0.4) is 0 Å². The van der Waals surface area contributed by atoms with Crippen molar-refractivity contribution in [1.29, 1.82) is 0 Å². The van der Waals surface area contributed by atoms with Crippen LogP contribution in [0.1, 0.15) is 17.5 Å². The summed E-state index contributed by atoms with van der Waals surface area (Å²) >= 11 is 0. The summed E-state index contributed by atoms with van der Waals surface area (Å²) in [6, 6.07) is 12.2. The molecule has 0 amide bonds. The number of hydrogen-bond donors (Lipinski definition) is 1. The Morgan fingerprint density at radius 3 is 2.75 bits per heavy atom. The average Bonchev–Trinajstić information content (AvgIpc) is 2.70. The molecule has 1 aliphatic rings. The number of aryl methyl sites for hydroxylation is 1. The molecule has 0 bridgehead atoms. The first-order valence-electron chi connectivity index (χ1n) is 6.90. The van der Waals surface area contributed by atoms with Crippen LogP contribution in [0.25, 0.3) is 0 Å². The summed E-state index contributed by atoms with van der Waals surface area (Å²) in [7, 11) is 1.63. The van der Waals surface area contributed by atoms with Gasteiger partial charge in [0.15, 0.2) is 5.82 Å². The summed E-state index contributed by atoms with van der Waals surface area (Å²) in [6.07, 6.45) is 2.21. The number of nitrogens with two attached hydrogens (primary N) is 1. The van der Waals surface area contributed by atoms with Crippen LogP contribution >= 0.6 is 0 Å². The second-order valence-electron chi connectivity index (χ2n) is 5.06. The molecule has 3 rings (SSSR count). The number of aromatic nitrogens is 1. The van der Waals surface area contributed by atoms with E-state index in [-0.39, 0.29) is 0 Å². The quantitative estimate of drug-likeness (QED) is 0.910. The van der Waals surface area contributed by atoms with Gasteiger partial charge >= 0.3 is 0 Å². The Bertz CT molecular complexity index is 612. The molecule has 0 spiro atoms. The zero-order valence-corrected chi connectivity index (χ0v) is 11.7. The second-order valence-corrected chi connectivity index (χ2v) is 5.06. The van der Waals surface area contributed by atoms with Crippen molar-refractivity contribution in [3.05, 3.63) is 47.5 Å². The predicted octanol–water partition coefficient (Wildman–Crippen LogP) is 2.63. The molecule has 0 saturated carbocycles. The summed E-state index contributed by atoms with van der Waals surface area (Å²) in [4.78, 5) is 6.75. The number of benzene rings is 1. The predicted molar refractivity (Wildman–Crippen MR) is 81.0 cm³/mol. The molecule has 4 nitrogen and oxygen atoms in total. The first-order valence-corrected chi connectivity index (χ1v) is 6.90. The van der Waals surface area contributed by atoms with Crippen LogP contribution in [0.15, 0.2) is 36.4 Å². The van der Waals surface area contributed by atoms with E-state index in [2.05, 4.69) is 34.1 Å². The molecule has 1 aliphatic heterocycles. The van der Waals surface area contributed by atoms with E-state index in [0.717, 1.165) is 31.7 Å². The third kappa shape index (κ3) is 2.41. The summed E-state index contributed by atoms with van der Waals surface area (Å²) in [5.74, 6) is 1.42. The number of methoxy groups -OCH3 is 1. The molecule has 0 unspecified atom stereocenters. The molecule has 20 heavy (non-hydrogen) atoms. The van der Waals surface area contributed by atoms with Crippen LogP contribution in [-0.4, -0.2) is 18.6 Å². The third-order valence-electron chi connectivity index (χ3n) is 3.74. The summed E-state index contributed by atoms with van der Waals surface area (Å²) in [6.45, 7) is 1.81. The lowest BCUT2D eigenvalue weighted by molar-refractivity contribution is 0.398. The van der Waals surface area contributed by atoms with Gasteiger partial charge in [-0.2, -0.15) is 4.98 Å². The van der Waals surface area contributed by atoms with Gasteiger partial charge in [-0.15, -0.1) is 0 Å². The first-order chi connectivity index (χ1) is 9.78. The van der Waals surface area contributed by atoms with Gasteiger partial charge in [0.25, 0.3) is 0 Å². The van der Waals surface area contributed by atoms with Gasteiger partial charge in [0.2, 0.25) is 5.88 Å². The maximum Gasteiger partial charge on any atom is 0.215 e. The van der Waals surface area contributed by atoms with E-state index in [1.165, 1.54) is 11.1 Å². The highest BCUT2D eigenvalue weighted by Crippen LogP contribution is 2.28. The van der Waals surface area contributed by atoms with E-state index in [9.17, 15) is 0 Å². The SMILES string of the molecule is COc1ccc(N)c(N2CCCc3ccccc3C2)n1. The molecule has 4 heteroatoms. The van der Waals surface area contributed by atoms with E-state index in [4.69, 9.17) is 10.5 Å². The molecule has 0 saturated heterocycles. The Morgan fingerprint density at radius 1 is 1.15 bits per heavy atom. The minimum Gasteiger partial charge on any atom is -0.481 e. The van der Waals surface area contributed by atoms with Crippen molar-refractivity contribution in [2.45, 2.75) is 19.4 Å². The zero-order valence-electron chi connectivity index (χ0n) is 11.7. The van der Waals surface area contributed by atoms with Crippen LogP contribution < -0.4 is 15.4 Å². The third-order valence-corrected chi connectivity index (χ3v) is 3.74. The molecular weight excluding hydrogens is 250 g/mol. The van der Waals surface area contributed by atoms with Gasteiger partial charge in [-0.25, -0.2) is 0 Å². The van der Waals surface area contributed by atoms with Crippen LogP contribution in [0, 0.1) is 0 Å². The number of ether oxygens (including phenoxy) is 1. The minimum atomic E-state index is 0.603. The average molecular weight is 269 g/mol. The molecule has 2 aromatic rings. The van der Waals surface area contributed by atoms with Crippen molar-refractivity contribution in [1.82, 2.24) is 4.98 Å². The van der Waals surface area contributed by atoms with Crippen molar-refractivity contribution >= 4 is 11.5 Å². The number of rotatable bonds is 2. The maximum atomic E-state index is 6.09. The Balaban J connectivity index is 1.95. The number of pyridine rings is 1. The molecule has 1 aromatic carbocycles. The Labute approximate surface area is 119 Å². The lowest BCUT2D eigenvalue weighted by Crippen LogP contribution is -2.24. The lowest BCUT2D eigenvalue weighted by atomic mass is 10.0. The van der Waals surface area contributed by atoms with Crippen LogP contribution in [0.4, 0.5) is 11.5 Å². The van der Waals surface area contributed by atoms with Crippen LogP contribution in [0.5, 0.6) is 5.88 Å². The topological polar surface area (TPSA) is 51.4 Å². The van der Waals surface area contributed by atoms with Gasteiger partial charge in [-0.3, -0.25) is 0 Å². The number of nitrogens with zero attached hydrogens (tertiary/aromatic N) is 2. The van der Waals surface area contributed by atoms with E-state index < -0.39 is 0 Å². The van der Waals surface area contributed by atoms with Gasteiger partial charge in [-0.05, 0) is 30.0 Å². The van der Waals surface area contributed by atoms with E-state index in [0.29, 0.717) is 11.6 Å². The van der Waals surface area contributed by atoms with E-state index in [1.54, 1.807) is 13.2 Å². The summed E-state index contributed by atoms with van der Waals surface area (Å²) in [5.41, 5.74) is 9.57. The zero-order chi connectivity index (χ0) is 13.9. The van der Waals surface area contributed by atoms with Gasteiger partial charge in [0.1, 0.15) is 0 Å². The van der Waals surface area contributed by atoms with Crippen molar-refractivity contribution in [2.75, 3.05) is 24.3 Å². The summed E-state index contributed by atoms with van der Waals surface area (Å²) < 4.78 is 5.21. The first kappa shape index (κ1) is 12.8. The van der Waals surface area contributed by atoms with Crippen LogP contribution in [-0.2, 0) is 13.0 Å². The largest absolute Gasteiger partial charge is 0.481 e. The highest BCUT2D eigenvalue weighted by Gasteiger charge is 2.17. The lowest BCUT2D eigenvalue weighted by Gasteiger charge is -2.23. The van der Waals surface area contributed by atoms with Crippen molar-refractivity contribution in [3.8, 4) is 5.88 Å². The normalized spacial score (nSPS) is 14.6. The fraction of sp³-hybridized carbons (Fsp3) is 0.312. The molecular formula is C16H19N3O. The molecule has 2 heterocycles. The number of fused-ring (bicyclic) bond motifs is 1. The standard InChI is InChI=1S/C16H19N3O/c1-20-15-9-8-14(17)16(18-15)19-10-4-7-12-5-2-3-6-13(12)11-19/h2-3,5-6,8-9H,4,7,10-11,17H2,1H3. The molecule has 1 aromatic heterocycles. The second kappa shape index (κ2) is 5.41. The number of hydrogen-bond acceptors (Lipinski definition) is 4. The summed E-state index contributed by atoms with van der Waals surface area (Å²) in [5, 5.41) is 0. The van der Waals surface area contributed by atoms with Crippen molar-refractivity contribution in [2.24, 2.45) is 0 Å². The number of anilines is 2. The Kier molecular flexibility index (Phi) is 3.46. The smallest absolute Gasteiger partial charge is 0.215 e. The molecule has 0 aliphatic carbocycles. The molecule has 2 N–H and O–H groups in total.